The fourth-order valence-corrected chi connectivity index (χ4v) is 4.90. The zero-order valence-corrected chi connectivity index (χ0v) is 17.4. The van der Waals surface area contributed by atoms with E-state index in [1.807, 2.05) is 0 Å². The SMILES string of the molecule is CC(C)[C@H](CO[Si](C)(C)C(C)(C)C)[C@H]1C[C@@]2(C)C=C[C@H]1CC2=O. The van der Waals surface area contributed by atoms with Gasteiger partial charge >= 0.3 is 0 Å². The average molecular weight is 337 g/mol. The van der Waals surface area contributed by atoms with Crippen molar-refractivity contribution in [3.63, 3.8) is 0 Å². The molecule has 1 fully saturated rings. The van der Waals surface area contributed by atoms with E-state index in [0.29, 0.717) is 29.5 Å². The van der Waals surface area contributed by atoms with Crippen molar-refractivity contribution in [1.29, 1.82) is 0 Å². The molecular weight excluding hydrogens is 300 g/mol. The number of hydrogen-bond donors (Lipinski definition) is 0. The zero-order valence-electron chi connectivity index (χ0n) is 16.4. The van der Waals surface area contributed by atoms with Crippen LogP contribution in [0, 0.1) is 29.1 Å². The maximum absolute atomic E-state index is 12.3. The fourth-order valence-electron chi connectivity index (χ4n) is 3.86. The molecule has 0 heterocycles. The van der Waals surface area contributed by atoms with Gasteiger partial charge in [0.05, 0.1) is 0 Å². The molecule has 0 aromatic heterocycles. The summed E-state index contributed by atoms with van der Waals surface area (Å²) in [6.45, 7) is 19.2. The molecule has 0 N–H and O–H groups in total. The molecule has 132 valence electrons. The smallest absolute Gasteiger partial charge is 0.191 e. The van der Waals surface area contributed by atoms with E-state index in [0.717, 1.165) is 19.4 Å². The average Bonchev–Trinajstić information content (AvgIpc) is 2.39. The molecule has 0 saturated heterocycles. The molecule has 0 amide bonds. The van der Waals surface area contributed by atoms with Crippen LogP contribution < -0.4 is 0 Å². The molecule has 0 aromatic carbocycles. The van der Waals surface area contributed by atoms with Crippen LogP contribution in [0.4, 0.5) is 0 Å². The number of Topliss-reactive ketones (excluding diaryl/α,β-unsaturated/α-hetero) is 1. The van der Waals surface area contributed by atoms with E-state index in [-0.39, 0.29) is 10.5 Å². The highest BCUT2D eigenvalue weighted by atomic mass is 28.4. The molecule has 3 rings (SSSR count). The summed E-state index contributed by atoms with van der Waals surface area (Å²) in [5, 5.41) is 0.252. The molecule has 4 atom stereocenters. The van der Waals surface area contributed by atoms with Crippen molar-refractivity contribution in [2.75, 3.05) is 6.61 Å². The minimum atomic E-state index is -1.72. The Hall–Kier alpha value is -0.413. The van der Waals surface area contributed by atoms with Crippen LogP contribution in [-0.2, 0) is 9.22 Å². The van der Waals surface area contributed by atoms with E-state index in [1.54, 1.807) is 0 Å². The summed E-state index contributed by atoms with van der Waals surface area (Å²) in [6, 6.07) is 0. The van der Waals surface area contributed by atoms with Gasteiger partial charge in [-0.3, -0.25) is 4.79 Å². The third kappa shape index (κ3) is 3.66. The minimum absolute atomic E-state index is 0.219. The molecule has 0 aliphatic heterocycles. The molecule has 3 aliphatic carbocycles. The van der Waals surface area contributed by atoms with Gasteiger partial charge in [-0.2, -0.15) is 0 Å². The van der Waals surface area contributed by atoms with Crippen molar-refractivity contribution < 1.29 is 9.22 Å². The number of ketones is 1. The summed E-state index contributed by atoms with van der Waals surface area (Å²) in [5.41, 5.74) is -0.219. The summed E-state index contributed by atoms with van der Waals surface area (Å²) in [4.78, 5) is 12.3. The highest BCUT2D eigenvalue weighted by Gasteiger charge is 2.48. The second-order valence-electron chi connectivity index (χ2n) is 9.91. The van der Waals surface area contributed by atoms with Gasteiger partial charge in [-0.05, 0) is 55.1 Å². The topological polar surface area (TPSA) is 26.3 Å². The summed E-state index contributed by atoms with van der Waals surface area (Å²) in [6.07, 6.45) is 6.24. The van der Waals surface area contributed by atoms with Gasteiger partial charge in [-0.15, -0.1) is 0 Å². The summed E-state index contributed by atoms with van der Waals surface area (Å²) in [5.74, 6) is 2.60. The monoisotopic (exact) mass is 336 g/mol. The Bertz CT molecular complexity index is 486. The first kappa shape index (κ1) is 18.9. The Labute approximate surface area is 144 Å². The van der Waals surface area contributed by atoms with Gasteiger partial charge < -0.3 is 4.43 Å². The lowest BCUT2D eigenvalue weighted by atomic mass is 9.56. The molecule has 2 bridgehead atoms. The Kier molecular flexibility index (Phi) is 5.05. The van der Waals surface area contributed by atoms with Crippen LogP contribution in [0.15, 0.2) is 12.2 Å². The fraction of sp³-hybridized carbons (Fsp3) is 0.850. The van der Waals surface area contributed by atoms with E-state index in [9.17, 15) is 4.79 Å². The first-order valence-corrected chi connectivity index (χ1v) is 12.1. The number of rotatable bonds is 5. The number of fused-ring (bicyclic) bond motifs is 2. The maximum atomic E-state index is 12.3. The van der Waals surface area contributed by atoms with Crippen LogP contribution in [-0.4, -0.2) is 20.7 Å². The predicted octanol–water partition coefficient (Wildman–Crippen LogP) is 5.45. The van der Waals surface area contributed by atoms with Crippen LogP contribution in [0.25, 0.3) is 0 Å². The molecule has 0 unspecified atom stereocenters. The molecule has 0 radical (unpaired) electrons. The van der Waals surface area contributed by atoms with Crippen LogP contribution in [0.2, 0.25) is 18.1 Å². The lowest BCUT2D eigenvalue weighted by Crippen LogP contribution is -2.48. The molecule has 0 aromatic rings. The molecule has 0 spiro atoms. The van der Waals surface area contributed by atoms with Crippen LogP contribution in [0.3, 0.4) is 0 Å². The second kappa shape index (κ2) is 6.14. The van der Waals surface area contributed by atoms with Gasteiger partial charge in [0.1, 0.15) is 5.78 Å². The quantitative estimate of drug-likeness (QED) is 0.493. The second-order valence-corrected chi connectivity index (χ2v) is 14.7. The Morgan fingerprint density at radius 1 is 1.35 bits per heavy atom. The van der Waals surface area contributed by atoms with Crippen LogP contribution in [0.5, 0.6) is 0 Å². The van der Waals surface area contributed by atoms with E-state index in [4.69, 9.17) is 4.43 Å². The van der Waals surface area contributed by atoms with Gasteiger partial charge in [0.2, 0.25) is 0 Å². The van der Waals surface area contributed by atoms with E-state index >= 15 is 0 Å². The highest BCUT2D eigenvalue weighted by molar-refractivity contribution is 6.74. The molecular formula is C20H36O2Si. The van der Waals surface area contributed by atoms with E-state index in [1.165, 1.54) is 0 Å². The first-order chi connectivity index (χ1) is 10.4. The van der Waals surface area contributed by atoms with Crippen molar-refractivity contribution in [3.05, 3.63) is 12.2 Å². The standard InChI is InChI=1S/C20H36O2Si/c1-14(2)17(13-22-23(7,8)19(3,4)5)16-12-20(6)10-9-15(16)11-18(20)21/h9-10,14-17H,11-13H2,1-8H3/t15-,16-,17-,20+/m0/s1. The number of hydrogen-bond acceptors (Lipinski definition) is 2. The van der Waals surface area contributed by atoms with Gasteiger partial charge in [-0.1, -0.05) is 46.8 Å². The maximum Gasteiger partial charge on any atom is 0.191 e. The van der Waals surface area contributed by atoms with Crippen LogP contribution in [0.1, 0.15) is 54.4 Å². The Morgan fingerprint density at radius 2 is 1.96 bits per heavy atom. The van der Waals surface area contributed by atoms with E-state index in [2.05, 4.69) is 66.8 Å². The molecule has 1 saturated carbocycles. The number of carbonyl (C=O) groups is 1. The lowest BCUT2D eigenvalue weighted by molar-refractivity contribution is -0.133. The number of carbonyl (C=O) groups excluding carboxylic acids is 1. The third-order valence-corrected chi connectivity index (χ3v) is 11.3. The third-order valence-electron chi connectivity index (χ3n) is 6.83. The van der Waals surface area contributed by atoms with E-state index < -0.39 is 8.32 Å². The van der Waals surface area contributed by atoms with Crippen LogP contribution >= 0.6 is 0 Å². The van der Waals surface area contributed by atoms with Gasteiger partial charge in [0.15, 0.2) is 8.32 Å². The zero-order chi connectivity index (χ0) is 17.6. The van der Waals surface area contributed by atoms with Crippen molar-refractivity contribution in [3.8, 4) is 0 Å². The summed E-state index contributed by atoms with van der Waals surface area (Å²) >= 11 is 0. The van der Waals surface area contributed by atoms with Gasteiger partial charge in [0.25, 0.3) is 0 Å². The molecule has 23 heavy (non-hydrogen) atoms. The van der Waals surface area contributed by atoms with Crippen molar-refractivity contribution >= 4 is 14.1 Å². The molecule has 3 heteroatoms. The van der Waals surface area contributed by atoms with Gasteiger partial charge in [-0.25, -0.2) is 0 Å². The predicted molar refractivity (Wildman–Crippen MR) is 99.9 cm³/mol. The summed E-state index contributed by atoms with van der Waals surface area (Å²) < 4.78 is 6.57. The Balaban J connectivity index is 2.12. The minimum Gasteiger partial charge on any atom is -0.417 e. The van der Waals surface area contributed by atoms with Crippen molar-refractivity contribution in [2.45, 2.75) is 72.5 Å². The lowest BCUT2D eigenvalue weighted by Gasteiger charge is -2.48. The summed E-state index contributed by atoms with van der Waals surface area (Å²) in [7, 11) is -1.72. The van der Waals surface area contributed by atoms with Gasteiger partial charge in [0, 0.05) is 18.4 Å². The molecule has 3 aliphatic rings. The van der Waals surface area contributed by atoms with Crippen molar-refractivity contribution in [2.24, 2.45) is 29.1 Å². The normalized spacial score (nSPS) is 32.7. The molecule has 2 nitrogen and oxygen atoms in total. The Morgan fingerprint density at radius 3 is 2.39 bits per heavy atom. The van der Waals surface area contributed by atoms with Crippen molar-refractivity contribution in [1.82, 2.24) is 0 Å². The highest BCUT2D eigenvalue weighted by Crippen LogP contribution is 2.50. The largest absolute Gasteiger partial charge is 0.417 e. The first-order valence-electron chi connectivity index (χ1n) is 9.24. The number of allylic oxidation sites excluding steroid dienone is 2.